The van der Waals surface area contributed by atoms with E-state index < -0.39 is 0 Å². The van der Waals surface area contributed by atoms with Gasteiger partial charge in [0.2, 0.25) is 0 Å². The van der Waals surface area contributed by atoms with E-state index in [1.54, 1.807) is 0 Å². The van der Waals surface area contributed by atoms with E-state index in [0.717, 1.165) is 60.5 Å². The lowest BCUT2D eigenvalue weighted by atomic mass is 9.94. The Kier molecular flexibility index (Phi) is 6.52. The molecule has 11 rings (SSSR count). The number of aromatic nitrogens is 3. The highest BCUT2D eigenvalue weighted by molar-refractivity contribution is 6.21. The van der Waals surface area contributed by atoms with Crippen LogP contribution < -0.4 is 0 Å². The summed E-state index contributed by atoms with van der Waals surface area (Å²) in [4.78, 5) is 15.3. The van der Waals surface area contributed by atoms with Crippen molar-refractivity contribution in [3.05, 3.63) is 176 Å². The zero-order valence-electron chi connectivity index (χ0n) is 28.5. The molecule has 0 amide bonds. The van der Waals surface area contributed by atoms with Gasteiger partial charge in [-0.3, -0.25) is 0 Å². The molecule has 2 heterocycles. The highest BCUT2D eigenvalue weighted by Gasteiger charge is 2.17. The van der Waals surface area contributed by atoms with Crippen LogP contribution >= 0.6 is 0 Å². The zero-order chi connectivity index (χ0) is 34.9. The summed E-state index contributed by atoms with van der Waals surface area (Å²) >= 11 is 0. The molecule has 2 aromatic heterocycles. The van der Waals surface area contributed by atoms with E-state index in [0.29, 0.717) is 17.5 Å². The lowest BCUT2D eigenvalue weighted by Crippen LogP contribution is -2.00. The van der Waals surface area contributed by atoms with Gasteiger partial charge in [0.05, 0.1) is 0 Å². The fraction of sp³-hybridized carbons (Fsp3) is 0. The monoisotopic (exact) mass is 675 g/mol. The molecular weight excluding hydrogens is 647 g/mol. The van der Waals surface area contributed by atoms with Gasteiger partial charge in [0.1, 0.15) is 11.2 Å². The Bertz CT molecular complexity index is 3230. The molecule has 4 heteroatoms. The normalized spacial score (nSPS) is 11.8. The third kappa shape index (κ3) is 4.80. The van der Waals surface area contributed by atoms with Crippen LogP contribution in [0, 0.1) is 0 Å². The fourth-order valence-electron chi connectivity index (χ4n) is 7.97. The number of rotatable bonds is 4. The summed E-state index contributed by atoms with van der Waals surface area (Å²) < 4.78 is 6.24. The van der Waals surface area contributed by atoms with Crippen LogP contribution in [0.5, 0.6) is 0 Å². The molecule has 4 nitrogen and oxygen atoms in total. The molecular formula is C49H29N3O. The first-order valence-corrected chi connectivity index (χ1v) is 17.9. The van der Waals surface area contributed by atoms with Crippen LogP contribution in [0.25, 0.3) is 110 Å². The van der Waals surface area contributed by atoms with Crippen molar-refractivity contribution in [3.8, 4) is 45.3 Å². The Morgan fingerprint density at radius 3 is 1.74 bits per heavy atom. The summed E-state index contributed by atoms with van der Waals surface area (Å²) in [5, 5.41) is 11.8. The molecule has 0 aliphatic carbocycles. The van der Waals surface area contributed by atoms with Crippen molar-refractivity contribution in [2.75, 3.05) is 0 Å². The molecule has 11 aromatic rings. The van der Waals surface area contributed by atoms with E-state index in [4.69, 9.17) is 19.4 Å². The maximum atomic E-state index is 6.24. The number of hydrogen-bond donors (Lipinski definition) is 0. The molecule has 0 fully saturated rings. The standard InChI is InChI=1S/C49H29N3O/c1-2-11-33(12-3-1)47-50-48(52-49(51-47)36-25-22-31-21-24-32-23-20-30-10-4-5-14-38(30)45(32)42(31)29-36)35-26-27-37-34(28-35)13-8-16-39(37)40-17-9-19-44-46(40)41-15-6-7-18-43(41)53-44/h1-29H. The highest BCUT2D eigenvalue weighted by atomic mass is 16.3. The lowest BCUT2D eigenvalue weighted by Gasteiger charge is -2.12. The van der Waals surface area contributed by atoms with Crippen molar-refractivity contribution in [1.29, 1.82) is 0 Å². The predicted molar refractivity (Wildman–Crippen MR) is 219 cm³/mol. The number of benzene rings is 9. The van der Waals surface area contributed by atoms with Crippen LogP contribution in [0.3, 0.4) is 0 Å². The van der Waals surface area contributed by atoms with Crippen LogP contribution in [0.1, 0.15) is 0 Å². The molecule has 0 aliphatic heterocycles. The molecule has 9 aromatic carbocycles. The second-order valence-corrected chi connectivity index (χ2v) is 13.6. The van der Waals surface area contributed by atoms with E-state index in [2.05, 4.69) is 140 Å². The second-order valence-electron chi connectivity index (χ2n) is 13.6. The number of furan rings is 1. The van der Waals surface area contributed by atoms with Crippen molar-refractivity contribution >= 4 is 65.0 Å². The van der Waals surface area contributed by atoms with E-state index in [1.807, 2.05) is 36.4 Å². The van der Waals surface area contributed by atoms with Gasteiger partial charge in [-0.2, -0.15) is 0 Å². The molecule has 0 N–H and O–H groups in total. The Morgan fingerprint density at radius 2 is 0.887 bits per heavy atom. The van der Waals surface area contributed by atoms with Gasteiger partial charge in [-0.05, 0) is 78.5 Å². The van der Waals surface area contributed by atoms with Crippen molar-refractivity contribution in [2.45, 2.75) is 0 Å². The average Bonchev–Trinajstić information content (AvgIpc) is 3.62. The van der Waals surface area contributed by atoms with Crippen molar-refractivity contribution in [2.24, 2.45) is 0 Å². The van der Waals surface area contributed by atoms with Gasteiger partial charge < -0.3 is 4.42 Å². The van der Waals surface area contributed by atoms with Gasteiger partial charge in [-0.15, -0.1) is 0 Å². The molecule has 0 unspecified atom stereocenters. The number of para-hydroxylation sites is 1. The maximum absolute atomic E-state index is 6.24. The first kappa shape index (κ1) is 29.5. The van der Waals surface area contributed by atoms with Crippen molar-refractivity contribution in [1.82, 2.24) is 15.0 Å². The fourth-order valence-corrected chi connectivity index (χ4v) is 7.97. The van der Waals surface area contributed by atoms with Gasteiger partial charge >= 0.3 is 0 Å². The molecule has 0 spiro atoms. The summed E-state index contributed by atoms with van der Waals surface area (Å²) in [6, 6.07) is 61.7. The van der Waals surface area contributed by atoms with E-state index in [1.165, 1.54) is 32.3 Å². The summed E-state index contributed by atoms with van der Waals surface area (Å²) in [7, 11) is 0. The van der Waals surface area contributed by atoms with Crippen LogP contribution in [0.2, 0.25) is 0 Å². The first-order valence-electron chi connectivity index (χ1n) is 17.9. The van der Waals surface area contributed by atoms with Crippen molar-refractivity contribution in [3.63, 3.8) is 0 Å². The Hall–Kier alpha value is -7.17. The van der Waals surface area contributed by atoms with Crippen LogP contribution in [-0.2, 0) is 0 Å². The minimum absolute atomic E-state index is 0.632. The van der Waals surface area contributed by atoms with Gasteiger partial charge in [0.25, 0.3) is 0 Å². The molecule has 0 atom stereocenters. The molecule has 0 saturated carbocycles. The van der Waals surface area contributed by atoms with Crippen LogP contribution in [0.15, 0.2) is 180 Å². The maximum Gasteiger partial charge on any atom is 0.164 e. The quantitative estimate of drug-likeness (QED) is 0.174. The SMILES string of the molecule is c1ccc(-c2nc(-c3ccc4c(-c5cccc6oc7ccccc7c56)cccc4c3)nc(-c3ccc4ccc5ccc6ccccc6c5c4c3)n2)cc1. The van der Waals surface area contributed by atoms with E-state index in [-0.39, 0.29) is 0 Å². The second kappa shape index (κ2) is 11.7. The largest absolute Gasteiger partial charge is 0.456 e. The smallest absolute Gasteiger partial charge is 0.164 e. The summed E-state index contributed by atoms with van der Waals surface area (Å²) in [5.41, 5.74) is 6.91. The first-order chi connectivity index (χ1) is 26.2. The lowest BCUT2D eigenvalue weighted by molar-refractivity contribution is 0.669. The van der Waals surface area contributed by atoms with Gasteiger partial charge in [0.15, 0.2) is 17.5 Å². The molecule has 0 aliphatic rings. The minimum atomic E-state index is 0.632. The van der Waals surface area contributed by atoms with Crippen LogP contribution in [0.4, 0.5) is 0 Å². The highest BCUT2D eigenvalue weighted by Crippen LogP contribution is 2.40. The van der Waals surface area contributed by atoms with Gasteiger partial charge in [-0.1, -0.05) is 152 Å². The Morgan fingerprint density at radius 1 is 0.302 bits per heavy atom. The Labute approximate surface area is 304 Å². The Balaban J connectivity index is 1.09. The topological polar surface area (TPSA) is 51.8 Å². The zero-order valence-corrected chi connectivity index (χ0v) is 28.5. The summed E-state index contributed by atoms with van der Waals surface area (Å²) in [6.07, 6.45) is 0. The van der Waals surface area contributed by atoms with Gasteiger partial charge in [-0.25, -0.2) is 15.0 Å². The number of nitrogens with zero attached hydrogens (tertiary/aromatic N) is 3. The van der Waals surface area contributed by atoms with Crippen LogP contribution in [-0.4, -0.2) is 15.0 Å². The third-order valence-corrected chi connectivity index (χ3v) is 10.5. The third-order valence-electron chi connectivity index (χ3n) is 10.5. The predicted octanol–water partition coefficient (Wildman–Crippen LogP) is 13.1. The molecule has 0 bridgehead atoms. The minimum Gasteiger partial charge on any atom is -0.456 e. The number of hydrogen-bond acceptors (Lipinski definition) is 4. The van der Waals surface area contributed by atoms with E-state index in [9.17, 15) is 0 Å². The van der Waals surface area contributed by atoms with Crippen molar-refractivity contribution < 1.29 is 4.42 Å². The molecule has 0 saturated heterocycles. The van der Waals surface area contributed by atoms with Gasteiger partial charge in [0, 0.05) is 27.5 Å². The number of fused-ring (bicyclic) bond motifs is 9. The molecule has 0 radical (unpaired) electrons. The average molecular weight is 676 g/mol. The molecule has 246 valence electrons. The van der Waals surface area contributed by atoms with E-state index >= 15 is 0 Å². The summed E-state index contributed by atoms with van der Waals surface area (Å²) in [5.74, 6) is 1.91. The summed E-state index contributed by atoms with van der Waals surface area (Å²) in [6.45, 7) is 0. The molecule has 53 heavy (non-hydrogen) atoms.